The second kappa shape index (κ2) is 8.84. The maximum Gasteiger partial charge on any atom is 0.262 e. The van der Waals surface area contributed by atoms with Gasteiger partial charge in [-0.1, -0.05) is 36.4 Å². The molecule has 1 heterocycles. The molecule has 6 nitrogen and oxygen atoms in total. The predicted molar refractivity (Wildman–Crippen MR) is 114 cm³/mol. The van der Waals surface area contributed by atoms with Crippen LogP contribution in [0.25, 0.3) is 16.8 Å². The molecule has 4 rings (SSSR count). The minimum Gasteiger partial charge on any atom is -0.493 e. The normalized spacial score (nSPS) is 10.2. The molecule has 1 aromatic heterocycles. The number of amides is 1. The topological polar surface area (TPSA) is 65.4 Å². The number of anilines is 1. The van der Waals surface area contributed by atoms with E-state index >= 15 is 0 Å². The predicted octanol–water partition coefficient (Wildman–Crippen LogP) is 4.17. The van der Waals surface area contributed by atoms with Crippen molar-refractivity contribution in [2.24, 2.45) is 0 Å². The second-order valence-corrected chi connectivity index (χ2v) is 6.42. The number of benzene rings is 2. The molecule has 3 aromatic carbocycles. The zero-order valence-corrected chi connectivity index (χ0v) is 16.3. The molecule has 6 heteroatoms. The van der Waals surface area contributed by atoms with Gasteiger partial charge >= 0.3 is 0 Å². The number of carbonyl (C=O) groups excluding carboxylic acids is 1. The maximum atomic E-state index is 12.3. The fourth-order valence-electron chi connectivity index (χ4n) is 2.92. The number of nitrogens with one attached hydrogen (secondary N) is 1. The summed E-state index contributed by atoms with van der Waals surface area (Å²) in [7, 11) is 1.55. The van der Waals surface area contributed by atoms with Crippen LogP contribution >= 0.6 is 0 Å². The molecule has 0 atom stereocenters. The summed E-state index contributed by atoms with van der Waals surface area (Å²) in [4.78, 5) is 16.3. The van der Waals surface area contributed by atoms with E-state index in [2.05, 4.69) is 22.4 Å². The van der Waals surface area contributed by atoms with Gasteiger partial charge in [0.1, 0.15) is 0 Å². The first kappa shape index (κ1) is 19.1. The molecule has 0 unspecified atom stereocenters. The molecule has 1 N–H and O–H groups in total. The number of rotatable bonds is 7. The van der Waals surface area contributed by atoms with Crippen molar-refractivity contribution in [1.82, 2.24) is 9.55 Å². The maximum absolute atomic E-state index is 12.3. The van der Waals surface area contributed by atoms with Gasteiger partial charge < -0.3 is 19.4 Å². The molecular formula is C24H19N3O3. The molecule has 0 aliphatic heterocycles. The number of hydrogen-bond acceptors (Lipinski definition) is 4. The quantitative estimate of drug-likeness (QED) is 0.508. The monoisotopic (exact) mass is 397 g/mol. The van der Waals surface area contributed by atoms with E-state index in [0.717, 1.165) is 16.8 Å². The lowest BCUT2D eigenvalue weighted by molar-refractivity contribution is -0.118. The highest BCUT2D eigenvalue weighted by molar-refractivity contribution is 5.91. The van der Waals surface area contributed by atoms with Crippen molar-refractivity contribution in [2.75, 3.05) is 19.0 Å². The van der Waals surface area contributed by atoms with Crippen LogP contribution in [0.5, 0.6) is 11.5 Å². The Morgan fingerprint density at radius 2 is 1.93 bits per heavy atom. The summed E-state index contributed by atoms with van der Waals surface area (Å²) in [5.74, 6) is 0.709. The van der Waals surface area contributed by atoms with E-state index in [0.29, 0.717) is 17.2 Å². The van der Waals surface area contributed by atoms with Crippen molar-refractivity contribution in [3.05, 3.63) is 91.5 Å². The van der Waals surface area contributed by atoms with Gasteiger partial charge in [-0.3, -0.25) is 4.79 Å². The van der Waals surface area contributed by atoms with Crippen LogP contribution in [0.15, 0.2) is 79.4 Å². The minimum atomic E-state index is -0.298. The lowest BCUT2D eigenvalue weighted by Crippen LogP contribution is -2.20. The summed E-state index contributed by atoms with van der Waals surface area (Å²) in [6.45, 7) is -0.158. The standard InChI is InChI=1S/C24H19N3O3/c1-29-23-15-21(27-14-13-25-17-27)11-12-22(23)30-16-24(28)26-20-9-7-19(8-10-20)18-5-3-2-4-6-18/h2-7,9,11-15,17H,16H2,1H3,(H,26,28). The van der Waals surface area contributed by atoms with Gasteiger partial charge in [-0.2, -0.15) is 0 Å². The highest BCUT2D eigenvalue weighted by Crippen LogP contribution is 2.29. The van der Waals surface area contributed by atoms with Crippen molar-refractivity contribution in [3.63, 3.8) is 0 Å². The van der Waals surface area contributed by atoms with Gasteiger partial charge in [-0.25, -0.2) is 4.98 Å². The van der Waals surface area contributed by atoms with E-state index in [1.54, 1.807) is 31.8 Å². The Morgan fingerprint density at radius 3 is 2.63 bits per heavy atom. The highest BCUT2D eigenvalue weighted by Gasteiger charge is 2.10. The zero-order chi connectivity index (χ0) is 20.8. The fraction of sp³-hybridized carbons (Fsp3) is 0.0833. The third kappa shape index (κ3) is 4.42. The van der Waals surface area contributed by atoms with Gasteiger partial charge in [0.05, 0.1) is 24.8 Å². The fourth-order valence-corrected chi connectivity index (χ4v) is 2.92. The molecule has 0 aliphatic rings. The summed E-state index contributed by atoms with van der Waals surface area (Å²) in [6.07, 6.45) is 5.22. The number of nitrogens with zero attached hydrogens (tertiary/aromatic N) is 2. The number of aromatic nitrogens is 2. The Morgan fingerprint density at radius 1 is 1.07 bits per heavy atom. The lowest BCUT2D eigenvalue weighted by Gasteiger charge is -2.12. The van der Waals surface area contributed by atoms with Gasteiger partial charge in [-0.15, -0.1) is 0 Å². The summed E-state index contributed by atoms with van der Waals surface area (Å²) >= 11 is 0. The average Bonchev–Trinajstić information content (AvgIpc) is 3.34. The van der Waals surface area contributed by atoms with E-state index in [9.17, 15) is 4.79 Å². The molecule has 0 radical (unpaired) electrons. The summed E-state index contributed by atoms with van der Waals surface area (Å²) in [6, 6.07) is 25.0. The van der Waals surface area contributed by atoms with Crippen LogP contribution in [0, 0.1) is 12.1 Å². The second-order valence-electron chi connectivity index (χ2n) is 6.42. The number of imidazole rings is 1. The van der Waals surface area contributed by atoms with E-state index < -0.39 is 0 Å². The van der Waals surface area contributed by atoms with Crippen molar-refractivity contribution >= 4 is 11.6 Å². The first-order chi connectivity index (χ1) is 14.7. The Hall–Kier alpha value is -4.24. The molecule has 1 amide bonds. The molecule has 0 saturated carbocycles. The first-order valence-electron chi connectivity index (χ1n) is 9.31. The molecule has 0 aliphatic carbocycles. The van der Waals surface area contributed by atoms with Crippen LogP contribution in [0.4, 0.5) is 5.69 Å². The van der Waals surface area contributed by atoms with E-state index in [4.69, 9.17) is 9.47 Å². The van der Waals surface area contributed by atoms with Crippen LogP contribution in [0.3, 0.4) is 0 Å². The first-order valence-corrected chi connectivity index (χ1v) is 9.31. The van der Waals surface area contributed by atoms with E-state index in [1.165, 1.54) is 0 Å². The SMILES string of the molecule is COc1cc(-n2ccnc2)ccc1OCC(=O)Nc1c#cc(-c2ccccc2)cc1. The number of carbonyl (C=O) groups is 1. The summed E-state index contributed by atoms with van der Waals surface area (Å²) < 4.78 is 12.9. The van der Waals surface area contributed by atoms with Crippen molar-refractivity contribution < 1.29 is 14.3 Å². The Bertz CT molecular complexity index is 1110. The van der Waals surface area contributed by atoms with E-state index in [1.807, 2.05) is 59.3 Å². The summed E-state index contributed by atoms with van der Waals surface area (Å²) in [5.41, 5.74) is 3.37. The van der Waals surface area contributed by atoms with Gasteiger partial charge in [0.25, 0.3) is 5.91 Å². The Balaban J connectivity index is 1.37. The average molecular weight is 397 g/mol. The highest BCUT2D eigenvalue weighted by atomic mass is 16.5. The van der Waals surface area contributed by atoms with Gasteiger partial charge in [0, 0.05) is 24.0 Å². The zero-order valence-electron chi connectivity index (χ0n) is 16.3. The molecule has 0 saturated heterocycles. The van der Waals surface area contributed by atoms with Crippen molar-refractivity contribution in [1.29, 1.82) is 0 Å². The molecule has 30 heavy (non-hydrogen) atoms. The van der Waals surface area contributed by atoms with Crippen LogP contribution in [-0.2, 0) is 4.79 Å². The van der Waals surface area contributed by atoms with Crippen LogP contribution < -0.4 is 14.8 Å². The van der Waals surface area contributed by atoms with Crippen molar-refractivity contribution in [3.8, 4) is 28.3 Å². The van der Waals surface area contributed by atoms with Gasteiger partial charge in [0.2, 0.25) is 0 Å². The molecular weight excluding hydrogens is 378 g/mol. The lowest BCUT2D eigenvalue weighted by atomic mass is 10.1. The molecule has 0 fully saturated rings. The van der Waals surface area contributed by atoms with Crippen molar-refractivity contribution in [2.45, 2.75) is 0 Å². The van der Waals surface area contributed by atoms with Gasteiger partial charge in [-0.05, 0) is 35.9 Å². The minimum absolute atomic E-state index is 0.158. The number of ether oxygens (including phenoxy) is 2. The largest absolute Gasteiger partial charge is 0.493 e. The number of hydrogen-bond donors (Lipinski definition) is 1. The summed E-state index contributed by atoms with van der Waals surface area (Å²) in [5, 5.41) is 2.76. The molecule has 0 bridgehead atoms. The van der Waals surface area contributed by atoms with Crippen LogP contribution in [-0.4, -0.2) is 29.2 Å². The third-order valence-corrected chi connectivity index (χ3v) is 4.42. The van der Waals surface area contributed by atoms with Crippen LogP contribution in [0.1, 0.15) is 0 Å². The van der Waals surface area contributed by atoms with Gasteiger partial charge in [0.15, 0.2) is 18.1 Å². The molecule has 148 valence electrons. The molecule has 0 spiro atoms. The number of methoxy groups -OCH3 is 1. The molecule has 4 aromatic rings. The Kier molecular flexibility index (Phi) is 5.63. The van der Waals surface area contributed by atoms with Crippen LogP contribution in [0.2, 0.25) is 0 Å². The smallest absolute Gasteiger partial charge is 0.262 e. The Labute approximate surface area is 174 Å². The van der Waals surface area contributed by atoms with E-state index in [-0.39, 0.29) is 12.5 Å². The third-order valence-electron chi connectivity index (χ3n) is 4.42.